The number of methoxy groups -OCH3 is 1. The summed E-state index contributed by atoms with van der Waals surface area (Å²) in [6.07, 6.45) is 1.44. The molecule has 5 fully saturated rings. The molecule has 9 nitrogen and oxygen atoms in total. The first kappa shape index (κ1) is 33.0. The van der Waals surface area contributed by atoms with Crippen molar-refractivity contribution >= 4 is 0 Å². The molecule has 2 unspecified atom stereocenters. The summed E-state index contributed by atoms with van der Waals surface area (Å²) < 4.78 is 17.4. The zero-order valence-corrected chi connectivity index (χ0v) is 26.6. The highest BCUT2D eigenvalue weighted by atomic mass is 16.7. The van der Waals surface area contributed by atoms with Crippen LogP contribution in [0.2, 0.25) is 0 Å². The van der Waals surface area contributed by atoms with Crippen molar-refractivity contribution in [1.82, 2.24) is 0 Å². The monoisotopic (exact) mass is 598 g/mol. The van der Waals surface area contributed by atoms with Gasteiger partial charge in [-0.25, -0.2) is 0 Å². The van der Waals surface area contributed by atoms with Crippen LogP contribution in [-0.4, -0.2) is 99.0 Å². The minimum Gasteiger partial charge on any atom is -0.394 e. The maximum Gasteiger partial charge on any atom is 0.186 e. The lowest BCUT2D eigenvalue weighted by Crippen LogP contribution is -2.68. The van der Waals surface area contributed by atoms with E-state index >= 15 is 0 Å². The van der Waals surface area contributed by atoms with Crippen molar-refractivity contribution < 1.29 is 44.8 Å². The SMILES string of the molecule is CO[C@@H]1[C@@H](O)[C@H](O[C@@H](CC[C@@H](C)[C@H]2C[C@H](O)C3[C@]4(O)C[C@H](O)[C@H]5C[C@@H](O)CC[C@]5(C)C4CC[C@@]32C)C(C)C)O[C@H]1CO. The Morgan fingerprint density at radius 3 is 2.24 bits per heavy atom. The second-order valence-corrected chi connectivity index (χ2v) is 15.7. The molecule has 0 radical (unpaired) electrons. The van der Waals surface area contributed by atoms with Crippen molar-refractivity contribution in [2.45, 2.75) is 147 Å². The van der Waals surface area contributed by atoms with Crippen molar-refractivity contribution in [3.63, 3.8) is 0 Å². The average Bonchev–Trinajstić information content (AvgIpc) is 3.39. The van der Waals surface area contributed by atoms with Gasteiger partial charge in [0, 0.05) is 19.4 Å². The molecule has 6 N–H and O–H groups in total. The number of fused-ring (bicyclic) bond motifs is 5. The molecule has 4 aliphatic carbocycles. The molecular formula is C33H58O9. The van der Waals surface area contributed by atoms with E-state index in [0.29, 0.717) is 19.3 Å². The summed E-state index contributed by atoms with van der Waals surface area (Å²) in [6.45, 7) is 10.6. The third-order valence-electron chi connectivity index (χ3n) is 13.1. The van der Waals surface area contributed by atoms with Gasteiger partial charge in [0.25, 0.3) is 0 Å². The van der Waals surface area contributed by atoms with E-state index in [1.165, 1.54) is 7.11 Å². The van der Waals surface area contributed by atoms with Gasteiger partial charge < -0.3 is 44.8 Å². The van der Waals surface area contributed by atoms with Crippen molar-refractivity contribution in [3.05, 3.63) is 0 Å². The molecule has 0 aromatic carbocycles. The van der Waals surface area contributed by atoms with Crippen molar-refractivity contribution in [2.24, 2.45) is 46.3 Å². The minimum absolute atomic E-state index is 0.00270. The Labute approximate surface area is 251 Å². The van der Waals surface area contributed by atoms with E-state index in [1.54, 1.807) is 0 Å². The lowest BCUT2D eigenvalue weighted by molar-refractivity contribution is -0.263. The highest BCUT2D eigenvalue weighted by Crippen LogP contribution is 2.69. The molecule has 1 aliphatic heterocycles. The Morgan fingerprint density at radius 2 is 1.62 bits per heavy atom. The lowest BCUT2D eigenvalue weighted by atomic mass is 9.42. The average molecular weight is 599 g/mol. The number of aliphatic hydroxyl groups excluding tert-OH is 5. The molecule has 0 amide bonds. The first-order chi connectivity index (χ1) is 19.7. The summed E-state index contributed by atoms with van der Waals surface area (Å²) in [7, 11) is 1.49. The molecule has 5 aliphatic rings. The predicted octanol–water partition coefficient (Wildman–Crippen LogP) is 2.61. The number of hydrogen-bond acceptors (Lipinski definition) is 9. The molecular weight excluding hydrogens is 540 g/mol. The Balaban J connectivity index is 1.28. The highest BCUT2D eigenvalue weighted by Gasteiger charge is 2.70. The second-order valence-electron chi connectivity index (χ2n) is 15.7. The Morgan fingerprint density at radius 1 is 0.929 bits per heavy atom. The summed E-state index contributed by atoms with van der Waals surface area (Å²) in [6, 6.07) is 0. The van der Waals surface area contributed by atoms with E-state index in [4.69, 9.17) is 14.2 Å². The van der Waals surface area contributed by atoms with Crippen LogP contribution >= 0.6 is 0 Å². The molecule has 5 rings (SSSR count). The minimum atomic E-state index is -1.13. The molecule has 0 aromatic rings. The normalized spacial score (nSPS) is 52.1. The van der Waals surface area contributed by atoms with Crippen LogP contribution in [0.1, 0.15) is 92.4 Å². The molecule has 42 heavy (non-hydrogen) atoms. The molecule has 4 saturated carbocycles. The molecule has 9 heteroatoms. The summed E-state index contributed by atoms with van der Waals surface area (Å²) in [5.74, 6) is 0.358. The Hall–Kier alpha value is -0.360. The van der Waals surface area contributed by atoms with Gasteiger partial charge in [0.15, 0.2) is 6.29 Å². The van der Waals surface area contributed by atoms with Gasteiger partial charge in [0.2, 0.25) is 0 Å². The van der Waals surface area contributed by atoms with Gasteiger partial charge in [0.1, 0.15) is 18.3 Å². The van der Waals surface area contributed by atoms with Crippen LogP contribution in [0.25, 0.3) is 0 Å². The largest absolute Gasteiger partial charge is 0.394 e. The predicted molar refractivity (Wildman–Crippen MR) is 156 cm³/mol. The number of ether oxygens (including phenoxy) is 3. The van der Waals surface area contributed by atoms with E-state index in [2.05, 4.69) is 34.6 Å². The van der Waals surface area contributed by atoms with Gasteiger partial charge in [-0.2, -0.15) is 0 Å². The number of aliphatic hydroxyl groups is 6. The third-order valence-corrected chi connectivity index (χ3v) is 13.1. The standard InChI is InChI=1S/C33H58O9/c1-17(2)24(41-30-27(38)28(40-6)25(16-34)42-30)8-7-18(3)20-14-22(36)29-32(20,5)12-10-26-31(4)11-9-19(35)13-21(31)23(37)15-33(26,29)39/h17-30,34-39H,7-16H2,1-6H3/t18-,19+,20-,21-,22+,23+,24+,25+,26?,27-,28+,29?,30-,31+,32-,33+/m1/s1. The lowest BCUT2D eigenvalue weighted by Gasteiger charge is -2.66. The fourth-order valence-corrected chi connectivity index (χ4v) is 11.0. The van der Waals surface area contributed by atoms with Gasteiger partial charge in [-0.3, -0.25) is 0 Å². The first-order valence-corrected chi connectivity index (χ1v) is 16.6. The van der Waals surface area contributed by atoms with Gasteiger partial charge in [-0.1, -0.05) is 34.6 Å². The van der Waals surface area contributed by atoms with E-state index in [9.17, 15) is 30.6 Å². The molecule has 16 atom stereocenters. The third kappa shape index (κ3) is 5.30. The van der Waals surface area contributed by atoms with Gasteiger partial charge in [0.05, 0.1) is 36.6 Å². The molecule has 0 bridgehead atoms. The van der Waals surface area contributed by atoms with E-state index in [-0.39, 0.29) is 71.6 Å². The van der Waals surface area contributed by atoms with Crippen LogP contribution in [0.15, 0.2) is 0 Å². The number of hydrogen-bond donors (Lipinski definition) is 6. The second kappa shape index (κ2) is 12.1. The Kier molecular flexibility index (Phi) is 9.51. The van der Waals surface area contributed by atoms with Gasteiger partial charge in [-0.05, 0) is 91.8 Å². The highest BCUT2D eigenvalue weighted by molar-refractivity contribution is 5.20. The van der Waals surface area contributed by atoms with Crippen LogP contribution in [0.5, 0.6) is 0 Å². The quantitative estimate of drug-likeness (QED) is 0.236. The van der Waals surface area contributed by atoms with Crippen molar-refractivity contribution in [1.29, 1.82) is 0 Å². The van der Waals surface area contributed by atoms with Crippen LogP contribution < -0.4 is 0 Å². The zero-order valence-electron chi connectivity index (χ0n) is 26.6. The molecule has 244 valence electrons. The van der Waals surface area contributed by atoms with Crippen LogP contribution in [0.4, 0.5) is 0 Å². The summed E-state index contributed by atoms with van der Waals surface area (Å²) in [5.41, 5.74) is -1.63. The Bertz CT molecular complexity index is 933. The van der Waals surface area contributed by atoms with E-state index in [1.807, 2.05) is 0 Å². The van der Waals surface area contributed by atoms with Gasteiger partial charge >= 0.3 is 0 Å². The fourth-order valence-electron chi connectivity index (χ4n) is 11.0. The van der Waals surface area contributed by atoms with E-state index < -0.39 is 42.4 Å². The van der Waals surface area contributed by atoms with Crippen molar-refractivity contribution in [3.8, 4) is 0 Å². The smallest absolute Gasteiger partial charge is 0.186 e. The maximum absolute atomic E-state index is 12.5. The first-order valence-electron chi connectivity index (χ1n) is 16.6. The van der Waals surface area contributed by atoms with E-state index in [0.717, 1.165) is 32.1 Å². The van der Waals surface area contributed by atoms with Gasteiger partial charge in [-0.15, -0.1) is 0 Å². The number of rotatable bonds is 9. The molecule has 0 aromatic heterocycles. The zero-order chi connectivity index (χ0) is 30.8. The summed E-state index contributed by atoms with van der Waals surface area (Å²) in [4.78, 5) is 0. The fraction of sp³-hybridized carbons (Fsp3) is 1.00. The molecule has 0 spiro atoms. The van der Waals surface area contributed by atoms with Crippen LogP contribution in [0.3, 0.4) is 0 Å². The summed E-state index contributed by atoms with van der Waals surface area (Å²) >= 11 is 0. The topological polar surface area (TPSA) is 149 Å². The maximum atomic E-state index is 12.5. The molecule has 1 saturated heterocycles. The van der Waals surface area contributed by atoms with Crippen LogP contribution in [0, 0.1) is 46.3 Å². The summed E-state index contributed by atoms with van der Waals surface area (Å²) in [5, 5.41) is 66.2. The molecule has 1 heterocycles. The van der Waals surface area contributed by atoms with Crippen molar-refractivity contribution in [2.75, 3.05) is 13.7 Å². The van der Waals surface area contributed by atoms with Crippen LogP contribution in [-0.2, 0) is 14.2 Å².